The minimum atomic E-state index is 0.217. The van der Waals surface area contributed by atoms with E-state index >= 15 is 0 Å². The third-order valence-corrected chi connectivity index (χ3v) is 3.90. The molecule has 0 aliphatic carbocycles. The fourth-order valence-electron chi connectivity index (χ4n) is 2.59. The van der Waals surface area contributed by atoms with E-state index in [0.717, 1.165) is 49.4 Å². The van der Waals surface area contributed by atoms with E-state index in [4.69, 9.17) is 16.7 Å². The van der Waals surface area contributed by atoms with Gasteiger partial charge in [0.2, 0.25) is 0 Å². The fraction of sp³-hybridized carbons (Fsp3) is 0.429. The predicted molar refractivity (Wildman–Crippen MR) is 80.3 cm³/mol. The molecular weight excluding hydrogens is 276 g/mol. The van der Waals surface area contributed by atoms with E-state index in [-0.39, 0.29) is 6.61 Å². The standard InChI is InChI=1S/C14H17ClN4O/c15-11-1-2-12-13(9-11)16-10-17-14(12)19-5-3-18(4-6-19)7-8-20/h1-2,9-10,20H,3-8H2. The van der Waals surface area contributed by atoms with Gasteiger partial charge in [-0.05, 0) is 18.2 Å². The van der Waals surface area contributed by atoms with Crippen LogP contribution in [0.3, 0.4) is 0 Å². The number of anilines is 1. The van der Waals surface area contributed by atoms with Gasteiger partial charge in [-0.2, -0.15) is 0 Å². The first-order valence-electron chi connectivity index (χ1n) is 6.76. The lowest BCUT2D eigenvalue weighted by Crippen LogP contribution is -2.47. The number of fused-ring (bicyclic) bond motifs is 1. The Morgan fingerprint density at radius 2 is 1.95 bits per heavy atom. The summed E-state index contributed by atoms with van der Waals surface area (Å²) in [4.78, 5) is 13.2. The Hall–Kier alpha value is -1.43. The van der Waals surface area contributed by atoms with Crippen LogP contribution in [0.1, 0.15) is 0 Å². The fourth-order valence-corrected chi connectivity index (χ4v) is 2.76. The molecular formula is C14H17ClN4O. The van der Waals surface area contributed by atoms with E-state index in [1.54, 1.807) is 6.33 Å². The molecule has 0 bridgehead atoms. The molecule has 0 saturated carbocycles. The zero-order chi connectivity index (χ0) is 13.9. The summed E-state index contributed by atoms with van der Waals surface area (Å²) in [6, 6.07) is 5.72. The molecule has 1 aromatic carbocycles. The third kappa shape index (κ3) is 2.70. The molecule has 1 saturated heterocycles. The summed E-state index contributed by atoms with van der Waals surface area (Å²) in [7, 11) is 0. The van der Waals surface area contributed by atoms with Gasteiger partial charge in [-0.15, -0.1) is 0 Å². The number of β-amino-alcohol motifs (C(OH)–C–C–N with tert-alkyl or cyclic N) is 1. The van der Waals surface area contributed by atoms with E-state index in [0.29, 0.717) is 5.02 Å². The Morgan fingerprint density at radius 1 is 1.15 bits per heavy atom. The molecule has 20 heavy (non-hydrogen) atoms. The molecule has 1 aromatic heterocycles. The van der Waals surface area contributed by atoms with Gasteiger partial charge in [-0.1, -0.05) is 11.6 Å². The molecule has 3 rings (SSSR count). The Bertz CT molecular complexity index is 599. The number of hydrogen-bond acceptors (Lipinski definition) is 5. The van der Waals surface area contributed by atoms with E-state index in [1.807, 2.05) is 18.2 Å². The van der Waals surface area contributed by atoms with Gasteiger partial charge in [0.15, 0.2) is 0 Å². The first-order valence-corrected chi connectivity index (χ1v) is 7.14. The van der Waals surface area contributed by atoms with Gasteiger partial charge in [0.05, 0.1) is 12.1 Å². The topological polar surface area (TPSA) is 52.5 Å². The maximum absolute atomic E-state index is 8.98. The maximum atomic E-state index is 8.98. The number of nitrogens with zero attached hydrogens (tertiary/aromatic N) is 4. The summed E-state index contributed by atoms with van der Waals surface area (Å²) in [5.74, 6) is 0.968. The van der Waals surface area contributed by atoms with Gasteiger partial charge in [-0.3, -0.25) is 4.90 Å². The first-order chi connectivity index (χ1) is 9.78. The number of aromatic nitrogens is 2. The molecule has 0 spiro atoms. The number of hydrogen-bond donors (Lipinski definition) is 1. The molecule has 1 aliphatic heterocycles. The smallest absolute Gasteiger partial charge is 0.139 e. The highest BCUT2D eigenvalue weighted by Gasteiger charge is 2.19. The van der Waals surface area contributed by atoms with Crippen LogP contribution in [-0.2, 0) is 0 Å². The van der Waals surface area contributed by atoms with E-state index in [2.05, 4.69) is 19.8 Å². The third-order valence-electron chi connectivity index (χ3n) is 3.67. The summed E-state index contributed by atoms with van der Waals surface area (Å²) in [6.07, 6.45) is 1.59. The van der Waals surface area contributed by atoms with Crippen LogP contribution in [0.2, 0.25) is 5.02 Å². The van der Waals surface area contributed by atoms with Crippen LogP contribution in [0.4, 0.5) is 5.82 Å². The van der Waals surface area contributed by atoms with E-state index in [1.165, 1.54) is 0 Å². The quantitative estimate of drug-likeness (QED) is 0.927. The second-order valence-electron chi connectivity index (χ2n) is 4.91. The van der Waals surface area contributed by atoms with Crippen LogP contribution in [0.25, 0.3) is 10.9 Å². The SMILES string of the molecule is OCCN1CCN(c2ncnc3cc(Cl)ccc23)CC1. The van der Waals surface area contributed by atoms with Crippen LogP contribution in [0, 0.1) is 0 Å². The molecule has 0 radical (unpaired) electrons. The molecule has 0 atom stereocenters. The van der Waals surface area contributed by atoms with Gasteiger partial charge in [0.1, 0.15) is 12.1 Å². The predicted octanol–water partition coefficient (Wildman–Crippen LogP) is 1.40. The van der Waals surface area contributed by atoms with Gasteiger partial charge >= 0.3 is 0 Å². The molecule has 2 heterocycles. The maximum Gasteiger partial charge on any atom is 0.139 e. The highest BCUT2D eigenvalue weighted by molar-refractivity contribution is 6.31. The lowest BCUT2D eigenvalue weighted by molar-refractivity contribution is 0.188. The molecule has 1 aliphatic rings. The summed E-state index contributed by atoms with van der Waals surface area (Å²) < 4.78 is 0. The minimum Gasteiger partial charge on any atom is -0.395 e. The minimum absolute atomic E-state index is 0.217. The Morgan fingerprint density at radius 3 is 2.70 bits per heavy atom. The van der Waals surface area contributed by atoms with Crippen molar-refractivity contribution >= 4 is 28.3 Å². The lowest BCUT2D eigenvalue weighted by atomic mass is 10.2. The molecule has 0 unspecified atom stereocenters. The molecule has 2 aromatic rings. The largest absolute Gasteiger partial charge is 0.395 e. The zero-order valence-electron chi connectivity index (χ0n) is 11.2. The normalized spacial score (nSPS) is 16.8. The van der Waals surface area contributed by atoms with Crippen molar-refractivity contribution < 1.29 is 5.11 Å². The van der Waals surface area contributed by atoms with Crippen molar-refractivity contribution in [3.8, 4) is 0 Å². The van der Waals surface area contributed by atoms with Crippen LogP contribution < -0.4 is 4.90 Å². The van der Waals surface area contributed by atoms with Crippen LogP contribution in [-0.4, -0.2) is 59.3 Å². The second-order valence-corrected chi connectivity index (χ2v) is 5.35. The summed E-state index contributed by atoms with van der Waals surface area (Å²) in [6.45, 7) is 4.67. The van der Waals surface area contributed by atoms with Gasteiger partial charge in [-0.25, -0.2) is 9.97 Å². The number of benzene rings is 1. The van der Waals surface area contributed by atoms with Crippen molar-refractivity contribution in [1.29, 1.82) is 0 Å². The van der Waals surface area contributed by atoms with Crippen molar-refractivity contribution in [3.05, 3.63) is 29.5 Å². The number of aliphatic hydroxyl groups is 1. The molecule has 5 nitrogen and oxygen atoms in total. The monoisotopic (exact) mass is 292 g/mol. The summed E-state index contributed by atoms with van der Waals surface area (Å²) in [5, 5.41) is 10.7. The molecule has 0 amide bonds. The average Bonchev–Trinajstić information content (AvgIpc) is 2.47. The number of halogens is 1. The Kier molecular flexibility index (Phi) is 4.00. The van der Waals surface area contributed by atoms with Crippen molar-refractivity contribution in [3.63, 3.8) is 0 Å². The zero-order valence-corrected chi connectivity index (χ0v) is 11.9. The molecule has 1 fully saturated rings. The Labute approximate surface area is 122 Å². The average molecular weight is 293 g/mol. The van der Waals surface area contributed by atoms with Crippen LogP contribution >= 0.6 is 11.6 Å². The molecule has 1 N–H and O–H groups in total. The van der Waals surface area contributed by atoms with Gasteiger partial charge in [0, 0.05) is 43.1 Å². The Balaban J connectivity index is 1.84. The highest BCUT2D eigenvalue weighted by Crippen LogP contribution is 2.25. The first kappa shape index (κ1) is 13.5. The van der Waals surface area contributed by atoms with Crippen LogP contribution in [0.15, 0.2) is 24.5 Å². The van der Waals surface area contributed by atoms with Crippen molar-refractivity contribution in [2.75, 3.05) is 44.2 Å². The van der Waals surface area contributed by atoms with Crippen molar-refractivity contribution in [2.45, 2.75) is 0 Å². The van der Waals surface area contributed by atoms with Crippen molar-refractivity contribution in [2.24, 2.45) is 0 Å². The van der Waals surface area contributed by atoms with Gasteiger partial charge < -0.3 is 10.0 Å². The lowest BCUT2D eigenvalue weighted by Gasteiger charge is -2.35. The summed E-state index contributed by atoms with van der Waals surface area (Å²) in [5.41, 5.74) is 0.875. The number of aliphatic hydroxyl groups excluding tert-OH is 1. The van der Waals surface area contributed by atoms with E-state index in [9.17, 15) is 0 Å². The number of piperazine rings is 1. The van der Waals surface area contributed by atoms with Crippen LogP contribution in [0.5, 0.6) is 0 Å². The summed E-state index contributed by atoms with van der Waals surface area (Å²) >= 11 is 6.01. The number of rotatable bonds is 3. The second kappa shape index (κ2) is 5.91. The van der Waals surface area contributed by atoms with E-state index < -0.39 is 0 Å². The molecule has 106 valence electrons. The highest BCUT2D eigenvalue weighted by atomic mass is 35.5. The van der Waals surface area contributed by atoms with Crippen molar-refractivity contribution in [1.82, 2.24) is 14.9 Å². The van der Waals surface area contributed by atoms with Gasteiger partial charge in [0.25, 0.3) is 0 Å². The molecule has 6 heteroatoms.